The quantitative estimate of drug-likeness (QED) is 0.596. The average Bonchev–Trinajstić information content (AvgIpc) is 2.30. The van der Waals surface area contributed by atoms with Crippen LogP contribution in [0.15, 0.2) is 0 Å². The van der Waals surface area contributed by atoms with Crippen molar-refractivity contribution < 1.29 is 18.8 Å². The highest BCUT2D eigenvalue weighted by Crippen LogP contribution is 2.36. The summed E-state index contributed by atoms with van der Waals surface area (Å²) in [6.07, 6.45) is -0.409. The summed E-state index contributed by atoms with van der Waals surface area (Å²) < 4.78 is 11.5. The zero-order valence-corrected chi connectivity index (χ0v) is 16.6. The molecule has 132 valence electrons. The van der Waals surface area contributed by atoms with E-state index in [1.807, 2.05) is 20.8 Å². The van der Waals surface area contributed by atoms with E-state index in [0.29, 0.717) is 6.61 Å². The van der Waals surface area contributed by atoms with Crippen molar-refractivity contribution in [3.63, 3.8) is 0 Å². The van der Waals surface area contributed by atoms with E-state index in [0.717, 1.165) is 0 Å². The van der Waals surface area contributed by atoms with Crippen molar-refractivity contribution in [3.05, 3.63) is 0 Å². The smallest absolute Gasteiger partial charge is 0.410 e. The van der Waals surface area contributed by atoms with E-state index in [1.165, 1.54) is 4.90 Å². The third-order valence-corrected chi connectivity index (χ3v) is 8.46. The lowest BCUT2D eigenvalue weighted by Gasteiger charge is -2.38. The first-order chi connectivity index (χ1) is 9.71. The topological polar surface area (TPSA) is 74.0 Å². The zero-order valence-electron chi connectivity index (χ0n) is 15.6. The van der Waals surface area contributed by atoms with Gasteiger partial charge in [0.15, 0.2) is 8.32 Å². The molecule has 1 atom stereocenters. The number of likely N-dealkylation sites (N-methyl/N-ethyl adjacent to an activating group) is 1. The van der Waals surface area contributed by atoms with Gasteiger partial charge in [0.25, 0.3) is 0 Å². The number of amides is 1. The van der Waals surface area contributed by atoms with Gasteiger partial charge in [0, 0.05) is 7.05 Å². The predicted octanol–water partition coefficient (Wildman–Crippen LogP) is 3.13. The number of hydrogen-bond acceptors (Lipinski definition) is 5. The van der Waals surface area contributed by atoms with Gasteiger partial charge in [-0.1, -0.05) is 20.8 Å². The van der Waals surface area contributed by atoms with E-state index in [-0.39, 0.29) is 17.7 Å². The summed E-state index contributed by atoms with van der Waals surface area (Å²) in [6.45, 7) is 16.9. The van der Waals surface area contributed by atoms with E-state index in [2.05, 4.69) is 33.9 Å². The summed E-state index contributed by atoms with van der Waals surface area (Å²) in [7, 11) is -0.226. The van der Waals surface area contributed by atoms with Crippen LogP contribution in [-0.4, -0.2) is 51.2 Å². The van der Waals surface area contributed by atoms with Crippen molar-refractivity contribution in [3.8, 4) is 0 Å². The second kappa shape index (κ2) is 7.76. The van der Waals surface area contributed by atoms with Gasteiger partial charge in [0.2, 0.25) is 0 Å². The van der Waals surface area contributed by atoms with Crippen LogP contribution in [0.3, 0.4) is 0 Å². The van der Waals surface area contributed by atoms with Crippen molar-refractivity contribution in [2.24, 2.45) is 5.90 Å². The lowest BCUT2D eigenvalue weighted by molar-refractivity contribution is -0.00109. The summed E-state index contributed by atoms with van der Waals surface area (Å²) in [4.78, 5) is 18.4. The summed E-state index contributed by atoms with van der Waals surface area (Å²) in [5.41, 5.74) is -0.542. The molecule has 2 N–H and O–H groups in total. The fourth-order valence-electron chi connectivity index (χ4n) is 1.39. The van der Waals surface area contributed by atoms with Crippen LogP contribution in [0.4, 0.5) is 4.79 Å². The van der Waals surface area contributed by atoms with Crippen molar-refractivity contribution in [2.45, 2.75) is 71.3 Å². The van der Waals surface area contributed by atoms with Crippen LogP contribution in [0, 0.1) is 0 Å². The van der Waals surface area contributed by atoms with Gasteiger partial charge in [-0.2, -0.15) is 0 Å². The Bertz CT molecular complexity index is 362. The maximum atomic E-state index is 12.2. The van der Waals surface area contributed by atoms with Gasteiger partial charge < -0.3 is 18.9 Å². The largest absolute Gasteiger partial charge is 0.444 e. The molecule has 0 unspecified atom stereocenters. The molecule has 0 saturated heterocycles. The molecule has 1 amide bonds. The molecule has 0 aromatic carbocycles. The Labute approximate surface area is 136 Å². The van der Waals surface area contributed by atoms with Crippen LogP contribution < -0.4 is 5.90 Å². The number of nitrogens with zero attached hydrogens (tertiary/aromatic N) is 1. The molecule has 0 saturated carbocycles. The Morgan fingerprint density at radius 3 is 2.00 bits per heavy atom. The molecular formula is C15H34N2O4Si. The molecule has 22 heavy (non-hydrogen) atoms. The van der Waals surface area contributed by atoms with Crippen LogP contribution >= 0.6 is 0 Å². The zero-order chi connectivity index (χ0) is 17.8. The maximum Gasteiger partial charge on any atom is 0.410 e. The highest BCUT2D eigenvalue weighted by atomic mass is 28.4. The van der Waals surface area contributed by atoms with Gasteiger partial charge in [0.1, 0.15) is 5.60 Å². The summed E-state index contributed by atoms with van der Waals surface area (Å²) in [5.74, 6) is 5.20. The molecule has 0 aromatic rings. The fraction of sp³-hybridized carbons (Fsp3) is 0.933. The monoisotopic (exact) mass is 334 g/mol. The molecule has 0 rings (SSSR count). The fourth-order valence-corrected chi connectivity index (χ4v) is 2.43. The number of hydrogen-bond donors (Lipinski definition) is 1. The Morgan fingerprint density at radius 2 is 1.64 bits per heavy atom. The number of nitrogens with two attached hydrogens (primary N) is 1. The van der Waals surface area contributed by atoms with Crippen molar-refractivity contribution in [2.75, 3.05) is 20.3 Å². The second-order valence-electron chi connectivity index (χ2n) is 8.15. The minimum atomic E-state index is -1.90. The van der Waals surface area contributed by atoms with Crippen molar-refractivity contribution >= 4 is 14.4 Å². The molecule has 0 aliphatic carbocycles. The van der Waals surface area contributed by atoms with E-state index in [9.17, 15) is 4.79 Å². The third-order valence-electron chi connectivity index (χ3n) is 3.96. The number of carbonyl (C=O) groups is 1. The van der Waals surface area contributed by atoms with Gasteiger partial charge in [-0.15, -0.1) is 0 Å². The van der Waals surface area contributed by atoms with Gasteiger partial charge in [-0.25, -0.2) is 10.7 Å². The molecule has 0 aromatic heterocycles. The molecule has 0 aliphatic rings. The number of rotatable bonds is 6. The lowest BCUT2D eigenvalue weighted by Crippen LogP contribution is -2.49. The minimum absolute atomic E-state index is 0.103. The number of ether oxygens (including phenoxy) is 1. The van der Waals surface area contributed by atoms with Gasteiger partial charge in [0.05, 0.1) is 19.3 Å². The highest BCUT2D eigenvalue weighted by Gasteiger charge is 2.38. The molecule has 0 fully saturated rings. The standard InChI is InChI=1S/C15H34N2O4Si/c1-14(2,3)21-13(18)17(7)12(10-19-16)11-20-22(8,9)15(4,5)6/h12H,10-11,16H2,1-9H3/t12-/m0/s1. The van der Waals surface area contributed by atoms with E-state index in [1.54, 1.807) is 7.05 Å². The van der Waals surface area contributed by atoms with Crippen LogP contribution in [-0.2, 0) is 14.0 Å². The lowest BCUT2D eigenvalue weighted by atomic mass is 10.2. The van der Waals surface area contributed by atoms with Gasteiger partial charge >= 0.3 is 6.09 Å². The summed E-state index contributed by atoms with van der Waals surface area (Å²) in [6, 6.07) is -0.283. The van der Waals surface area contributed by atoms with Crippen LogP contribution in [0.1, 0.15) is 41.5 Å². The predicted molar refractivity (Wildman–Crippen MR) is 91.1 cm³/mol. The van der Waals surface area contributed by atoms with Crippen molar-refractivity contribution in [1.29, 1.82) is 0 Å². The maximum absolute atomic E-state index is 12.2. The molecule has 0 heterocycles. The third kappa shape index (κ3) is 7.08. The van der Waals surface area contributed by atoms with Crippen LogP contribution in [0.5, 0.6) is 0 Å². The summed E-state index contributed by atoms with van der Waals surface area (Å²) in [5, 5.41) is 0.103. The van der Waals surface area contributed by atoms with Gasteiger partial charge in [-0.3, -0.25) is 0 Å². The van der Waals surface area contributed by atoms with Crippen LogP contribution in [0.25, 0.3) is 0 Å². The molecule has 7 heteroatoms. The van der Waals surface area contributed by atoms with E-state index < -0.39 is 20.0 Å². The Kier molecular flexibility index (Phi) is 7.54. The first-order valence-corrected chi connectivity index (χ1v) is 10.5. The number of carbonyl (C=O) groups excluding carboxylic acids is 1. The highest BCUT2D eigenvalue weighted by molar-refractivity contribution is 6.74. The first kappa shape index (κ1) is 21.4. The van der Waals surface area contributed by atoms with Gasteiger partial charge in [-0.05, 0) is 38.9 Å². The molecule has 0 radical (unpaired) electrons. The average molecular weight is 335 g/mol. The Hall–Kier alpha value is -0.633. The second-order valence-corrected chi connectivity index (χ2v) is 13.0. The minimum Gasteiger partial charge on any atom is -0.444 e. The SMILES string of the molecule is CN(C(=O)OC(C)(C)C)[C@@H](CON)CO[Si](C)(C)C(C)(C)C. The van der Waals surface area contributed by atoms with E-state index in [4.69, 9.17) is 19.9 Å². The van der Waals surface area contributed by atoms with E-state index >= 15 is 0 Å². The van der Waals surface area contributed by atoms with Crippen LogP contribution in [0.2, 0.25) is 18.1 Å². The van der Waals surface area contributed by atoms with Crippen molar-refractivity contribution in [1.82, 2.24) is 4.90 Å². The summed E-state index contributed by atoms with van der Waals surface area (Å²) >= 11 is 0. The normalized spacial score (nSPS) is 14.6. The molecule has 0 aliphatic heterocycles. The molecule has 0 bridgehead atoms. The molecule has 6 nitrogen and oxygen atoms in total. The first-order valence-electron chi connectivity index (χ1n) is 7.63. The Balaban J connectivity index is 4.83. The Morgan fingerprint density at radius 1 is 1.14 bits per heavy atom. The molecule has 0 spiro atoms. The molecular weight excluding hydrogens is 300 g/mol.